The van der Waals surface area contributed by atoms with Crippen LogP contribution in [0.5, 0.6) is 0 Å². The van der Waals surface area contributed by atoms with Gasteiger partial charge in [-0.2, -0.15) is 0 Å². The molecule has 1 unspecified atom stereocenters. The van der Waals surface area contributed by atoms with E-state index in [-0.39, 0.29) is 9.18 Å². The lowest BCUT2D eigenvalue weighted by Crippen LogP contribution is -2.12. The molecule has 3 heteroatoms. The van der Waals surface area contributed by atoms with Crippen molar-refractivity contribution in [3.05, 3.63) is 0 Å². The van der Waals surface area contributed by atoms with Crippen molar-refractivity contribution in [3.63, 3.8) is 0 Å². The maximum atomic E-state index is 9.56. The first kappa shape index (κ1) is 4.23. The lowest BCUT2D eigenvalue weighted by atomic mass is 10.7. The van der Waals surface area contributed by atoms with E-state index >= 15 is 0 Å². The Morgan fingerprint density at radius 3 is 3.50 bits per heavy atom. The molecule has 0 fully saturated rings. The number of hydrogen-bond acceptors (Lipinski definition) is 2. The standard InChI is InChI=1S/C3H8NOP/c5-2-1-4-3-6/h2,4H,1,3,6H2/i6T. The molecule has 6 heavy (non-hydrogen) atoms. The van der Waals surface area contributed by atoms with Crippen molar-refractivity contribution >= 4 is 15.5 Å². The van der Waals surface area contributed by atoms with Gasteiger partial charge in [0.15, 0.2) is 0 Å². The highest BCUT2D eigenvalue weighted by Crippen LogP contribution is 1.67. The first-order valence-corrected chi connectivity index (χ1v) is 2.41. The largest absolute Gasteiger partial charge is 0.307 e. The summed E-state index contributed by atoms with van der Waals surface area (Å²) >= 11 is 0. The minimum absolute atomic E-state index is 0.148. The Balaban J connectivity index is 2.56. The topological polar surface area (TPSA) is 29.1 Å². The molecule has 0 heterocycles. The Morgan fingerprint density at radius 2 is 3.00 bits per heavy atom. The molecule has 0 bridgehead atoms. The van der Waals surface area contributed by atoms with Crippen LogP contribution in [0.4, 0.5) is 0 Å². The molecular formula is C3H8NOP. The van der Waals surface area contributed by atoms with Gasteiger partial charge in [0, 0.05) is 6.29 Å². The van der Waals surface area contributed by atoms with Crippen molar-refractivity contribution in [2.45, 2.75) is 0 Å². The number of hydrogen-bond donors (Lipinski definition) is 1. The van der Waals surface area contributed by atoms with Crippen molar-refractivity contribution in [2.75, 3.05) is 12.8 Å². The van der Waals surface area contributed by atoms with E-state index in [9.17, 15) is 4.79 Å². The van der Waals surface area contributed by atoms with E-state index < -0.39 is 0 Å². The summed E-state index contributed by atoms with van der Waals surface area (Å²) in [4.78, 5) is 9.56. The van der Waals surface area contributed by atoms with Gasteiger partial charge in [-0.1, -0.05) is 0 Å². The first-order valence-electron chi connectivity index (χ1n) is 2.20. The molecule has 2 nitrogen and oxygen atoms in total. The molecular weight excluding hydrogens is 97.0 g/mol. The molecule has 36 valence electrons. The Labute approximate surface area is 40.8 Å². The normalized spacial score (nSPS) is 12.3. The number of rotatable bonds is 4. The number of aldehydes is 1. The van der Waals surface area contributed by atoms with Gasteiger partial charge in [0.25, 0.3) is 0 Å². The molecule has 0 aliphatic rings. The highest BCUT2D eigenvalue weighted by Gasteiger charge is 1.70. The zero-order valence-electron chi connectivity index (χ0n) is 4.40. The van der Waals surface area contributed by atoms with E-state index in [1.165, 1.54) is 0 Å². The molecule has 0 saturated heterocycles. The highest BCUT2D eigenvalue weighted by molar-refractivity contribution is 7.16. The van der Waals surface area contributed by atoms with Gasteiger partial charge >= 0.3 is 0 Å². The van der Waals surface area contributed by atoms with Gasteiger partial charge in [-0.05, 0) is 0 Å². The van der Waals surface area contributed by atoms with Gasteiger partial charge in [-0.3, -0.25) is 0 Å². The molecule has 1 atom stereocenters. The number of nitrogens with one attached hydrogen (secondary N) is 1. The third kappa shape index (κ3) is 4.06. The summed E-state index contributed by atoms with van der Waals surface area (Å²) < 4.78 is 6.63. The maximum Gasteiger partial charge on any atom is 0.133 e. The number of carbonyl (C=O) groups is 1. The van der Waals surface area contributed by atoms with Crippen molar-refractivity contribution in [1.82, 2.24) is 5.32 Å². The van der Waals surface area contributed by atoms with E-state index in [1.807, 2.05) is 0 Å². The molecule has 0 rings (SSSR count). The molecule has 1 N–H and O–H groups in total. The van der Waals surface area contributed by atoms with Crippen molar-refractivity contribution in [1.29, 1.82) is 1.28 Å². The molecule has 0 aromatic heterocycles. The third-order valence-electron chi connectivity index (χ3n) is 0.353. The van der Waals surface area contributed by atoms with Crippen molar-refractivity contribution in [3.8, 4) is 0 Å². The average Bonchev–Trinajstić information content (AvgIpc) is 1.69. The second kappa shape index (κ2) is 5.06. The Bertz CT molecular complexity index is 52.2. The number of carbonyl (C=O) groups excluding carboxylic acids is 1. The van der Waals surface area contributed by atoms with Crippen LogP contribution in [0, 0.1) is 0 Å². The van der Waals surface area contributed by atoms with Crippen LogP contribution in [0.25, 0.3) is 0 Å². The van der Waals surface area contributed by atoms with Gasteiger partial charge in [0.05, 0.1) is 7.82 Å². The zero-order chi connectivity index (χ0) is 5.54. The van der Waals surface area contributed by atoms with Gasteiger partial charge in [0.2, 0.25) is 0 Å². The smallest absolute Gasteiger partial charge is 0.133 e. The SMILES string of the molecule is [3H]PCNCC=O. The predicted octanol–water partition coefficient (Wildman–Crippen LogP) is -0.393. The fraction of sp³-hybridized carbons (Fsp3) is 0.667. The highest BCUT2D eigenvalue weighted by atomic mass is 31.0. The molecule has 0 aliphatic carbocycles. The Kier molecular flexibility index (Phi) is 3.56. The average molecular weight is 107 g/mol. The first-order chi connectivity index (χ1) is 3.41. The van der Waals surface area contributed by atoms with Crippen LogP contribution in [-0.2, 0) is 4.79 Å². The lowest BCUT2D eigenvalue weighted by Gasteiger charge is -1.85. The van der Waals surface area contributed by atoms with Crippen LogP contribution in [0.2, 0.25) is 0 Å². The van der Waals surface area contributed by atoms with Crippen LogP contribution < -0.4 is 5.32 Å². The molecule has 0 aromatic rings. The van der Waals surface area contributed by atoms with Gasteiger partial charge in [0.1, 0.15) is 6.29 Å². The minimum atomic E-state index is 0.148. The van der Waals surface area contributed by atoms with Crippen molar-refractivity contribution < 1.29 is 4.79 Å². The zero-order valence-corrected chi connectivity index (χ0v) is 4.40. The van der Waals surface area contributed by atoms with E-state index in [0.29, 0.717) is 12.8 Å². The predicted molar refractivity (Wildman–Crippen MR) is 28.6 cm³/mol. The van der Waals surface area contributed by atoms with Crippen LogP contribution in [-0.4, -0.2) is 20.4 Å². The maximum absolute atomic E-state index is 9.56. The summed E-state index contributed by atoms with van der Waals surface area (Å²) in [6.07, 6.45) is 1.43. The summed E-state index contributed by atoms with van der Waals surface area (Å²) in [5.41, 5.74) is 0. The molecule has 0 aliphatic heterocycles. The second-order valence-electron chi connectivity index (χ2n) is 0.798. The monoisotopic (exact) mass is 107 g/mol. The summed E-state index contributed by atoms with van der Waals surface area (Å²) in [7, 11) is 0.148. The fourth-order valence-corrected chi connectivity index (χ4v) is 0.275. The van der Waals surface area contributed by atoms with Gasteiger partial charge in [-0.25, -0.2) is 0 Å². The lowest BCUT2D eigenvalue weighted by molar-refractivity contribution is -0.107. The Morgan fingerprint density at radius 1 is 2.17 bits per heavy atom. The molecule has 0 saturated carbocycles. The molecule has 0 aromatic carbocycles. The van der Waals surface area contributed by atoms with E-state index in [0.717, 1.165) is 6.29 Å². The quantitative estimate of drug-likeness (QED) is 0.301. The van der Waals surface area contributed by atoms with Crippen LogP contribution >= 0.6 is 9.18 Å². The molecule has 0 spiro atoms. The van der Waals surface area contributed by atoms with Crippen molar-refractivity contribution in [2.24, 2.45) is 0 Å². The van der Waals surface area contributed by atoms with Crippen LogP contribution in [0.15, 0.2) is 0 Å². The van der Waals surface area contributed by atoms with Crippen LogP contribution in [0.3, 0.4) is 0 Å². The summed E-state index contributed by atoms with van der Waals surface area (Å²) in [6.45, 7) is 0.381. The van der Waals surface area contributed by atoms with E-state index in [1.54, 1.807) is 0 Å². The van der Waals surface area contributed by atoms with Gasteiger partial charge in [-0.15, -0.1) is 9.18 Å². The summed E-state index contributed by atoms with van der Waals surface area (Å²) in [5.74, 6) is 0. The summed E-state index contributed by atoms with van der Waals surface area (Å²) in [6, 6.07) is 0. The van der Waals surface area contributed by atoms with E-state index in [2.05, 4.69) is 5.32 Å². The summed E-state index contributed by atoms with van der Waals surface area (Å²) in [5, 5.41) is 2.74. The van der Waals surface area contributed by atoms with Gasteiger partial charge < -0.3 is 10.1 Å². The molecule has 0 amide bonds. The van der Waals surface area contributed by atoms with E-state index in [4.69, 9.17) is 1.28 Å². The fourth-order valence-electron chi connectivity index (χ4n) is 0.131. The van der Waals surface area contributed by atoms with Crippen LogP contribution in [0.1, 0.15) is 0 Å². The second-order valence-corrected chi connectivity index (χ2v) is 1.15. The Hall–Kier alpha value is 0.0600. The molecule has 0 radical (unpaired) electrons. The third-order valence-corrected chi connectivity index (χ3v) is 0.603. The minimum Gasteiger partial charge on any atom is -0.307 e.